The van der Waals surface area contributed by atoms with Crippen LogP contribution in [0.25, 0.3) is 0 Å². The lowest BCUT2D eigenvalue weighted by atomic mass is 9.93. The molecule has 0 amide bonds. The minimum Gasteiger partial charge on any atom is -0.382 e. The van der Waals surface area contributed by atoms with Crippen molar-refractivity contribution in [3.8, 4) is 0 Å². The Morgan fingerprint density at radius 2 is 1.94 bits per heavy atom. The third-order valence-corrected chi connectivity index (χ3v) is 3.77. The SMILES string of the molecule is CNC1CCCCC(CCCOCCOC)C1. The average Bonchev–Trinajstić information content (AvgIpc) is 2.58. The zero-order valence-electron chi connectivity index (χ0n) is 11.5. The Labute approximate surface area is 106 Å². The van der Waals surface area contributed by atoms with Gasteiger partial charge in [-0.05, 0) is 38.6 Å². The summed E-state index contributed by atoms with van der Waals surface area (Å²) in [4.78, 5) is 0. The monoisotopic (exact) mass is 243 g/mol. The molecule has 17 heavy (non-hydrogen) atoms. The van der Waals surface area contributed by atoms with Gasteiger partial charge in [-0.3, -0.25) is 0 Å². The van der Waals surface area contributed by atoms with Gasteiger partial charge in [-0.15, -0.1) is 0 Å². The van der Waals surface area contributed by atoms with Gasteiger partial charge in [0.05, 0.1) is 13.2 Å². The maximum absolute atomic E-state index is 5.51. The Bertz CT molecular complexity index is 176. The first-order valence-corrected chi connectivity index (χ1v) is 7.10. The van der Waals surface area contributed by atoms with Crippen LogP contribution in [-0.2, 0) is 9.47 Å². The Kier molecular flexibility index (Phi) is 8.67. The summed E-state index contributed by atoms with van der Waals surface area (Å²) in [7, 11) is 3.81. The van der Waals surface area contributed by atoms with Crippen LogP contribution >= 0.6 is 0 Å². The molecule has 0 heterocycles. The van der Waals surface area contributed by atoms with E-state index in [1.165, 1.54) is 44.9 Å². The van der Waals surface area contributed by atoms with Crippen LogP contribution in [0.5, 0.6) is 0 Å². The van der Waals surface area contributed by atoms with Crippen molar-refractivity contribution < 1.29 is 9.47 Å². The van der Waals surface area contributed by atoms with E-state index in [9.17, 15) is 0 Å². The van der Waals surface area contributed by atoms with Gasteiger partial charge in [-0.2, -0.15) is 0 Å². The number of hydrogen-bond acceptors (Lipinski definition) is 3. The smallest absolute Gasteiger partial charge is 0.0700 e. The fourth-order valence-electron chi connectivity index (χ4n) is 2.70. The van der Waals surface area contributed by atoms with Gasteiger partial charge in [0, 0.05) is 19.8 Å². The van der Waals surface area contributed by atoms with E-state index in [4.69, 9.17) is 9.47 Å². The number of ether oxygens (including phenoxy) is 2. The molecule has 3 nitrogen and oxygen atoms in total. The summed E-state index contributed by atoms with van der Waals surface area (Å²) in [5, 5.41) is 3.44. The zero-order chi connectivity index (χ0) is 12.3. The highest BCUT2D eigenvalue weighted by molar-refractivity contribution is 4.74. The van der Waals surface area contributed by atoms with Crippen molar-refractivity contribution in [1.82, 2.24) is 5.32 Å². The highest BCUT2D eigenvalue weighted by Crippen LogP contribution is 2.26. The molecule has 1 fully saturated rings. The van der Waals surface area contributed by atoms with Crippen molar-refractivity contribution in [3.05, 3.63) is 0 Å². The van der Waals surface area contributed by atoms with Crippen molar-refractivity contribution in [3.63, 3.8) is 0 Å². The second kappa shape index (κ2) is 9.86. The molecule has 1 N–H and O–H groups in total. The van der Waals surface area contributed by atoms with Gasteiger partial charge in [-0.25, -0.2) is 0 Å². The highest BCUT2D eigenvalue weighted by atomic mass is 16.5. The standard InChI is InChI=1S/C14H29NO2/c1-15-14-8-4-3-6-13(12-14)7-5-9-17-11-10-16-2/h13-15H,3-12H2,1-2H3. The largest absolute Gasteiger partial charge is 0.382 e. The maximum atomic E-state index is 5.51. The Morgan fingerprint density at radius 3 is 2.71 bits per heavy atom. The fourth-order valence-corrected chi connectivity index (χ4v) is 2.70. The molecule has 3 heteroatoms. The predicted molar refractivity (Wildman–Crippen MR) is 71.4 cm³/mol. The van der Waals surface area contributed by atoms with Gasteiger partial charge < -0.3 is 14.8 Å². The van der Waals surface area contributed by atoms with Crippen molar-refractivity contribution in [1.29, 1.82) is 0 Å². The number of hydrogen-bond donors (Lipinski definition) is 1. The van der Waals surface area contributed by atoms with Crippen molar-refractivity contribution >= 4 is 0 Å². The van der Waals surface area contributed by atoms with E-state index < -0.39 is 0 Å². The third kappa shape index (κ3) is 7.02. The summed E-state index contributed by atoms with van der Waals surface area (Å²) in [6.45, 7) is 2.34. The first-order chi connectivity index (χ1) is 8.36. The molecule has 1 aliphatic carbocycles. The molecule has 2 atom stereocenters. The number of rotatable bonds is 8. The first kappa shape index (κ1) is 14.9. The first-order valence-electron chi connectivity index (χ1n) is 7.10. The molecular formula is C14H29NO2. The van der Waals surface area contributed by atoms with Gasteiger partial charge in [-0.1, -0.05) is 19.3 Å². The average molecular weight is 243 g/mol. The third-order valence-electron chi connectivity index (χ3n) is 3.77. The highest BCUT2D eigenvalue weighted by Gasteiger charge is 2.18. The van der Waals surface area contributed by atoms with Gasteiger partial charge in [0.2, 0.25) is 0 Å². The summed E-state index contributed by atoms with van der Waals surface area (Å²) in [5.74, 6) is 0.904. The minimum atomic E-state index is 0.714. The molecule has 0 saturated heterocycles. The normalized spacial score (nSPS) is 25.8. The lowest BCUT2D eigenvalue weighted by Crippen LogP contribution is -2.26. The Morgan fingerprint density at radius 1 is 1.12 bits per heavy atom. The van der Waals surface area contributed by atoms with Gasteiger partial charge in [0.25, 0.3) is 0 Å². The molecular weight excluding hydrogens is 214 g/mol. The zero-order valence-corrected chi connectivity index (χ0v) is 11.5. The van der Waals surface area contributed by atoms with E-state index in [1.807, 2.05) is 0 Å². The van der Waals surface area contributed by atoms with Crippen LogP contribution in [0.4, 0.5) is 0 Å². The molecule has 1 aliphatic rings. The van der Waals surface area contributed by atoms with Crippen LogP contribution in [0, 0.1) is 5.92 Å². The van der Waals surface area contributed by atoms with E-state index >= 15 is 0 Å². The summed E-state index contributed by atoms with van der Waals surface area (Å²) in [6.07, 6.45) is 9.46. The van der Waals surface area contributed by atoms with Crippen LogP contribution < -0.4 is 5.32 Å². The summed E-state index contributed by atoms with van der Waals surface area (Å²) >= 11 is 0. The summed E-state index contributed by atoms with van der Waals surface area (Å²) in [5.41, 5.74) is 0. The van der Waals surface area contributed by atoms with Crippen molar-refractivity contribution in [2.24, 2.45) is 5.92 Å². The van der Waals surface area contributed by atoms with Crippen LogP contribution in [0.2, 0.25) is 0 Å². The molecule has 0 aliphatic heterocycles. The topological polar surface area (TPSA) is 30.5 Å². The Hall–Kier alpha value is -0.120. The summed E-state index contributed by atoms with van der Waals surface area (Å²) in [6, 6.07) is 0.747. The molecule has 0 aromatic rings. The second-order valence-electron chi connectivity index (χ2n) is 5.12. The van der Waals surface area contributed by atoms with Crippen molar-refractivity contribution in [2.45, 2.75) is 51.0 Å². The molecule has 0 radical (unpaired) electrons. The van der Waals surface area contributed by atoms with Gasteiger partial charge >= 0.3 is 0 Å². The molecule has 0 spiro atoms. The fraction of sp³-hybridized carbons (Fsp3) is 1.00. The van der Waals surface area contributed by atoms with E-state index in [1.54, 1.807) is 7.11 Å². The number of methoxy groups -OCH3 is 1. The predicted octanol–water partition coefficient (Wildman–Crippen LogP) is 2.60. The minimum absolute atomic E-state index is 0.714. The quantitative estimate of drug-likeness (QED) is 0.525. The lowest BCUT2D eigenvalue weighted by molar-refractivity contribution is 0.0668. The van der Waals surface area contributed by atoms with Gasteiger partial charge in [0.15, 0.2) is 0 Å². The van der Waals surface area contributed by atoms with Crippen LogP contribution in [0.3, 0.4) is 0 Å². The molecule has 0 aromatic carbocycles. The van der Waals surface area contributed by atoms with Crippen LogP contribution in [0.15, 0.2) is 0 Å². The van der Waals surface area contributed by atoms with E-state index in [-0.39, 0.29) is 0 Å². The second-order valence-corrected chi connectivity index (χ2v) is 5.12. The van der Waals surface area contributed by atoms with Crippen LogP contribution in [-0.4, -0.2) is 40.0 Å². The molecule has 0 bridgehead atoms. The maximum Gasteiger partial charge on any atom is 0.0700 e. The van der Waals surface area contributed by atoms with Gasteiger partial charge in [0.1, 0.15) is 0 Å². The molecule has 1 rings (SSSR count). The number of nitrogens with one attached hydrogen (secondary N) is 1. The molecule has 102 valence electrons. The lowest BCUT2D eigenvalue weighted by Gasteiger charge is -2.19. The van der Waals surface area contributed by atoms with E-state index in [0.717, 1.165) is 25.2 Å². The molecule has 0 aromatic heterocycles. The van der Waals surface area contributed by atoms with E-state index in [2.05, 4.69) is 12.4 Å². The van der Waals surface area contributed by atoms with Crippen LogP contribution in [0.1, 0.15) is 44.9 Å². The summed E-state index contributed by atoms with van der Waals surface area (Å²) < 4.78 is 10.5. The molecule has 1 saturated carbocycles. The van der Waals surface area contributed by atoms with Crippen molar-refractivity contribution in [2.75, 3.05) is 34.0 Å². The Balaban J connectivity index is 2.04. The van der Waals surface area contributed by atoms with E-state index in [0.29, 0.717) is 6.61 Å². The molecule has 2 unspecified atom stereocenters.